The van der Waals surface area contributed by atoms with E-state index in [0.717, 1.165) is 34.6 Å². The molecule has 0 unspecified atom stereocenters. The molecule has 3 aromatic rings. The summed E-state index contributed by atoms with van der Waals surface area (Å²) in [6, 6.07) is 14.1. The van der Waals surface area contributed by atoms with Crippen LogP contribution in [0.1, 0.15) is 23.9 Å². The van der Waals surface area contributed by atoms with Crippen molar-refractivity contribution >= 4 is 46.7 Å². The molecule has 3 nitrogen and oxygen atoms in total. The second-order valence-corrected chi connectivity index (χ2v) is 8.60. The molecule has 0 aliphatic carbocycles. The van der Waals surface area contributed by atoms with Gasteiger partial charge in [-0.1, -0.05) is 58.7 Å². The highest BCUT2D eigenvalue weighted by Crippen LogP contribution is 2.29. The highest BCUT2D eigenvalue weighted by atomic mass is 35.5. The summed E-state index contributed by atoms with van der Waals surface area (Å²) >= 11 is 15.6. The number of aryl methyl sites for hydroxylation is 1. The average molecular weight is 424 g/mol. The SMILES string of the molecule is CCn1c(CSc2ccc(C)cc2)nnc1SCc1ccc(Cl)cc1Cl. The molecule has 0 saturated carbocycles. The van der Waals surface area contributed by atoms with Gasteiger partial charge in [-0.3, -0.25) is 0 Å². The topological polar surface area (TPSA) is 30.7 Å². The first-order valence-electron chi connectivity index (χ1n) is 8.25. The maximum atomic E-state index is 6.26. The van der Waals surface area contributed by atoms with E-state index in [2.05, 4.69) is 52.9 Å². The Morgan fingerprint density at radius 3 is 2.42 bits per heavy atom. The first-order valence-corrected chi connectivity index (χ1v) is 11.0. The van der Waals surface area contributed by atoms with E-state index in [4.69, 9.17) is 23.2 Å². The van der Waals surface area contributed by atoms with Crippen LogP contribution in [0.15, 0.2) is 52.5 Å². The van der Waals surface area contributed by atoms with E-state index < -0.39 is 0 Å². The van der Waals surface area contributed by atoms with Gasteiger partial charge in [0.1, 0.15) is 5.82 Å². The summed E-state index contributed by atoms with van der Waals surface area (Å²) < 4.78 is 2.16. The first kappa shape index (κ1) is 19.6. The van der Waals surface area contributed by atoms with Crippen molar-refractivity contribution in [2.24, 2.45) is 0 Å². The molecule has 0 N–H and O–H groups in total. The standard InChI is InChI=1S/C19H19Cl2N3S2/c1-3-24-18(12-25-16-8-4-13(2)5-9-16)22-23-19(24)26-11-14-6-7-15(20)10-17(14)21/h4-10H,3,11-12H2,1-2H3. The van der Waals surface area contributed by atoms with E-state index in [1.165, 1.54) is 10.5 Å². The lowest BCUT2D eigenvalue weighted by atomic mass is 10.2. The number of halogens is 2. The van der Waals surface area contributed by atoms with Crippen LogP contribution in [0.5, 0.6) is 0 Å². The van der Waals surface area contributed by atoms with E-state index >= 15 is 0 Å². The van der Waals surface area contributed by atoms with Crippen LogP contribution in [-0.2, 0) is 18.1 Å². The van der Waals surface area contributed by atoms with Gasteiger partial charge in [0.2, 0.25) is 0 Å². The minimum atomic E-state index is 0.649. The third kappa shape index (κ3) is 4.97. The summed E-state index contributed by atoms with van der Waals surface area (Å²) in [5.74, 6) is 2.52. The van der Waals surface area contributed by atoms with Crippen LogP contribution >= 0.6 is 46.7 Å². The van der Waals surface area contributed by atoms with E-state index in [9.17, 15) is 0 Å². The Morgan fingerprint density at radius 1 is 0.962 bits per heavy atom. The minimum Gasteiger partial charge on any atom is -0.306 e. The molecule has 0 aliphatic heterocycles. The summed E-state index contributed by atoms with van der Waals surface area (Å²) in [7, 11) is 0. The summed E-state index contributed by atoms with van der Waals surface area (Å²) in [6.07, 6.45) is 0. The van der Waals surface area contributed by atoms with Crippen LogP contribution in [-0.4, -0.2) is 14.8 Å². The number of thioether (sulfide) groups is 2. The van der Waals surface area contributed by atoms with E-state index in [-0.39, 0.29) is 0 Å². The highest BCUT2D eigenvalue weighted by molar-refractivity contribution is 7.98. The zero-order chi connectivity index (χ0) is 18.5. The van der Waals surface area contributed by atoms with Crippen LogP contribution < -0.4 is 0 Å². The molecule has 0 bridgehead atoms. The van der Waals surface area contributed by atoms with E-state index in [1.807, 2.05) is 12.1 Å². The molecule has 26 heavy (non-hydrogen) atoms. The van der Waals surface area contributed by atoms with Gasteiger partial charge in [-0.05, 0) is 43.7 Å². The first-order chi connectivity index (χ1) is 12.6. The van der Waals surface area contributed by atoms with Gasteiger partial charge in [-0.25, -0.2) is 0 Å². The molecule has 0 radical (unpaired) electrons. The minimum absolute atomic E-state index is 0.649. The van der Waals surface area contributed by atoms with Crippen molar-refractivity contribution in [3.8, 4) is 0 Å². The molecule has 0 aliphatic rings. The molecule has 7 heteroatoms. The van der Waals surface area contributed by atoms with Crippen molar-refractivity contribution in [3.05, 3.63) is 69.5 Å². The summed E-state index contributed by atoms with van der Waals surface area (Å²) in [4.78, 5) is 1.24. The fraction of sp³-hybridized carbons (Fsp3) is 0.263. The average Bonchev–Trinajstić information content (AvgIpc) is 3.02. The Bertz CT molecular complexity index is 879. The van der Waals surface area contributed by atoms with Crippen LogP contribution in [0.25, 0.3) is 0 Å². The monoisotopic (exact) mass is 423 g/mol. The van der Waals surface area contributed by atoms with Crippen molar-refractivity contribution in [3.63, 3.8) is 0 Å². The number of nitrogens with zero attached hydrogens (tertiary/aromatic N) is 3. The van der Waals surface area contributed by atoms with Gasteiger partial charge in [0.05, 0.1) is 5.75 Å². The summed E-state index contributed by atoms with van der Waals surface area (Å²) in [6.45, 7) is 5.05. The van der Waals surface area contributed by atoms with Gasteiger partial charge in [-0.2, -0.15) is 0 Å². The van der Waals surface area contributed by atoms with Crippen molar-refractivity contribution in [2.45, 2.75) is 41.9 Å². The molecule has 3 rings (SSSR count). The van der Waals surface area contributed by atoms with Gasteiger partial charge in [0, 0.05) is 27.2 Å². The Labute approximate surface area is 172 Å². The molecule has 1 heterocycles. The third-order valence-electron chi connectivity index (χ3n) is 3.87. The van der Waals surface area contributed by atoms with Crippen LogP contribution in [0.4, 0.5) is 0 Å². The quantitative estimate of drug-likeness (QED) is 0.405. The zero-order valence-electron chi connectivity index (χ0n) is 14.6. The van der Waals surface area contributed by atoms with Crippen LogP contribution in [0, 0.1) is 6.92 Å². The molecule has 0 amide bonds. The predicted molar refractivity (Wildman–Crippen MR) is 112 cm³/mol. The lowest BCUT2D eigenvalue weighted by Crippen LogP contribution is -2.02. The van der Waals surface area contributed by atoms with Gasteiger partial charge in [-0.15, -0.1) is 22.0 Å². The Morgan fingerprint density at radius 2 is 1.73 bits per heavy atom. The van der Waals surface area contributed by atoms with Gasteiger partial charge in [0.25, 0.3) is 0 Å². The lowest BCUT2D eigenvalue weighted by molar-refractivity contribution is 0.659. The fourth-order valence-corrected chi connectivity index (χ4v) is 4.83. The molecule has 0 spiro atoms. The number of aromatic nitrogens is 3. The fourth-order valence-electron chi connectivity index (χ4n) is 2.41. The highest BCUT2D eigenvalue weighted by Gasteiger charge is 2.13. The maximum absolute atomic E-state index is 6.26. The molecular weight excluding hydrogens is 405 g/mol. The second kappa shape index (κ2) is 9.18. The van der Waals surface area contributed by atoms with E-state index in [1.54, 1.807) is 29.6 Å². The van der Waals surface area contributed by atoms with Crippen molar-refractivity contribution < 1.29 is 0 Å². The number of hydrogen-bond donors (Lipinski definition) is 0. The number of hydrogen-bond acceptors (Lipinski definition) is 4. The number of rotatable bonds is 7. The normalized spacial score (nSPS) is 11.1. The lowest BCUT2D eigenvalue weighted by Gasteiger charge is -2.08. The molecule has 136 valence electrons. The smallest absolute Gasteiger partial charge is 0.191 e. The van der Waals surface area contributed by atoms with Crippen molar-refractivity contribution in [2.75, 3.05) is 0 Å². The van der Waals surface area contributed by atoms with Gasteiger partial charge >= 0.3 is 0 Å². The second-order valence-electron chi connectivity index (χ2n) is 5.77. The largest absolute Gasteiger partial charge is 0.306 e. The maximum Gasteiger partial charge on any atom is 0.191 e. The molecule has 1 aromatic heterocycles. The van der Waals surface area contributed by atoms with Crippen LogP contribution in [0.3, 0.4) is 0 Å². The van der Waals surface area contributed by atoms with Crippen molar-refractivity contribution in [1.29, 1.82) is 0 Å². The molecule has 2 aromatic carbocycles. The Kier molecular flexibility index (Phi) is 6.92. The Balaban J connectivity index is 1.66. The molecule has 0 atom stereocenters. The zero-order valence-corrected chi connectivity index (χ0v) is 17.7. The van der Waals surface area contributed by atoms with E-state index in [0.29, 0.717) is 10.0 Å². The number of benzene rings is 2. The van der Waals surface area contributed by atoms with Gasteiger partial charge in [0.15, 0.2) is 5.16 Å². The molecule has 0 saturated heterocycles. The Hall–Kier alpha value is -1.14. The predicted octanol–water partition coefficient (Wildman–Crippen LogP) is 6.50. The van der Waals surface area contributed by atoms with Crippen LogP contribution in [0.2, 0.25) is 10.0 Å². The third-order valence-corrected chi connectivity index (χ3v) is 6.48. The van der Waals surface area contributed by atoms with Gasteiger partial charge < -0.3 is 4.57 Å². The summed E-state index contributed by atoms with van der Waals surface area (Å²) in [5.41, 5.74) is 2.31. The molecular formula is C19H19Cl2N3S2. The van der Waals surface area contributed by atoms with Crippen molar-refractivity contribution in [1.82, 2.24) is 14.8 Å². The molecule has 0 fully saturated rings. The summed E-state index contributed by atoms with van der Waals surface area (Å²) in [5, 5.41) is 11.0.